The number of fused-ring (bicyclic) bond motifs is 1. The average Bonchev–Trinajstić information content (AvgIpc) is 3.38. The molecule has 0 saturated heterocycles. The van der Waals surface area contributed by atoms with Crippen molar-refractivity contribution < 1.29 is 14.3 Å². The summed E-state index contributed by atoms with van der Waals surface area (Å²) < 4.78 is 13.7. The molecule has 232 valence electrons. The fraction of sp³-hybridized carbons (Fsp3) is 0.139. The molecule has 0 N–H and O–H groups in total. The molecule has 5 aromatic rings. The highest BCUT2D eigenvalue weighted by atomic mass is 35.5. The molecule has 1 atom stereocenters. The molecule has 0 spiro atoms. The minimum atomic E-state index is -0.763. The summed E-state index contributed by atoms with van der Waals surface area (Å²) in [5, 5.41) is 1.12. The van der Waals surface area contributed by atoms with Gasteiger partial charge < -0.3 is 9.47 Å². The molecule has 0 fully saturated rings. The summed E-state index contributed by atoms with van der Waals surface area (Å²) in [7, 11) is 0. The van der Waals surface area contributed by atoms with Crippen LogP contribution in [0.25, 0.3) is 11.8 Å². The standard InChI is InChI=1S/C36H28Cl2N2O4S2/c1-3-43-35(42)31-32(23-9-5-4-6-10-23)39-36-40(33(31)24-12-15-28(45-2)16-13-24)34(41)30(46-36)20-25-19-27(38)14-17-29(25)44-21-22-8-7-11-26(37)18-22/h4-20,33H,3,21H2,1-2H3/b30-20-/t33-/m1/s1. The number of ether oxygens (including phenoxy) is 2. The lowest BCUT2D eigenvalue weighted by molar-refractivity contribution is -0.138. The van der Waals surface area contributed by atoms with Crippen LogP contribution in [0.15, 0.2) is 117 Å². The normalized spacial score (nSPS) is 14.5. The third kappa shape index (κ3) is 6.71. The lowest BCUT2D eigenvalue weighted by atomic mass is 9.93. The van der Waals surface area contributed by atoms with Crippen LogP contribution < -0.4 is 19.6 Å². The lowest BCUT2D eigenvalue weighted by Crippen LogP contribution is -2.40. The fourth-order valence-electron chi connectivity index (χ4n) is 5.23. The number of aromatic nitrogens is 1. The molecule has 46 heavy (non-hydrogen) atoms. The molecule has 0 bridgehead atoms. The van der Waals surface area contributed by atoms with Gasteiger partial charge in [-0.2, -0.15) is 0 Å². The molecule has 6 rings (SSSR count). The van der Waals surface area contributed by atoms with Crippen molar-refractivity contribution in [2.45, 2.75) is 24.5 Å². The van der Waals surface area contributed by atoms with Crippen molar-refractivity contribution in [1.82, 2.24) is 4.57 Å². The number of hydrogen-bond donors (Lipinski definition) is 0. The zero-order valence-corrected chi connectivity index (χ0v) is 28.1. The summed E-state index contributed by atoms with van der Waals surface area (Å²) in [5.74, 6) is 0.0291. The van der Waals surface area contributed by atoms with E-state index < -0.39 is 12.0 Å². The molecule has 6 nitrogen and oxygen atoms in total. The van der Waals surface area contributed by atoms with Gasteiger partial charge in [-0.25, -0.2) is 9.79 Å². The van der Waals surface area contributed by atoms with E-state index in [0.717, 1.165) is 21.6 Å². The van der Waals surface area contributed by atoms with Gasteiger partial charge in [0.25, 0.3) is 5.56 Å². The zero-order chi connectivity index (χ0) is 32.2. The predicted molar refractivity (Wildman–Crippen MR) is 187 cm³/mol. The number of carbonyl (C=O) groups is 1. The predicted octanol–water partition coefficient (Wildman–Crippen LogP) is 7.54. The quantitative estimate of drug-likeness (QED) is 0.118. The first-order valence-electron chi connectivity index (χ1n) is 14.5. The fourth-order valence-corrected chi connectivity index (χ4v) is 7.03. The van der Waals surface area contributed by atoms with Crippen molar-refractivity contribution in [3.05, 3.63) is 155 Å². The molecule has 0 aliphatic carbocycles. The summed E-state index contributed by atoms with van der Waals surface area (Å²) in [6.45, 7) is 2.22. The van der Waals surface area contributed by atoms with Gasteiger partial charge in [-0.05, 0) is 72.8 Å². The van der Waals surface area contributed by atoms with Crippen molar-refractivity contribution in [1.29, 1.82) is 0 Å². The summed E-state index contributed by atoms with van der Waals surface area (Å²) in [5.41, 5.74) is 3.54. The molecule has 0 unspecified atom stereocenters. The van der Waals surface area contributed by atoms with Crippen molar-refractivity contribution >= 4 is 64.0 Å². The van der Waals surface area contributed by atoms with Crippen LogP contribution in [0.3, 0.4) is 0 Å². The first kappa shape index (κ1) is 31.9. The summed E-state index contributed by atoms with van der Waals surface area (Å²) in [6.07, 6.45) is 3.76. The molecule has 1 aliphatic heterocycles. The summed E-state index contributed by atoms with van der Waals surface area (Å²) in [4.78, 5) is 34.5. The molecule has 2 heterocycles. The maximum atomic E-state index is 14.3. The number of benzene rings is 4. The average molecular weight is 688 g/mol. The molecule has 10 heteroatoms. The molecule has 0 saturated carbocycles. The van der Waals surface area contributed by atoms with E-state index in [0.29, 0.717) is 42.0 Å². The van der Waals surface area contributed by atoms with Gasteiger partial charge in [0, 0.05) is 26.1 Å². The van der Waals surface area contributed by atoms with Gasteiger partial charge in [0.05, 0.1) is 28.5 Å². The first-order valence-corrected chi connectivity index (χ1v) is 17.2. The van der Waals surface area contributed by atoms with Gasteiger partial charge in [0.1, 0.15) is 12.4 Å². The van der Waals surface area contributed by atoms with Gasteiger partial charge in [-0.1, -0.05) is 89.1 Å². The number of rotatable bonds is 9. The Kier molecular flexibility index (Phi) is 9.80. The molecule has 1 aromatic heterocycles. The lowest BCUT2D eigenvalue weighted by Gasteiger charge is -2.26. The van der Waals surface area contributed by atoms with Gasteiger partial charge in [-0.15, -0.1) is 11.8 Å². The smallest absolute Gasteiger partial charge is 0.338 e. The Balaban J connectivity index is 1.54. The van der Waals surface area contributed by atoms with Crippen LogP contribution in [0.4, 0.5) is 0 Å². The molecule has 4 aromatic carbocycles. The highest BCUT2D eigenvalue weighted by Gasteiger charge is 2.35. The number of carbonyl (C=O) groups excluding carboxylic acids is 1. The van der Waals surface area contributed by atoms with Crippen LogP contribution in [0.5, 0.6) is 5.75 Å². The number of esters is 1. The monoisotopic (exact) mass is 686 g/mol. The molecule has 0 radical (unpaired) electrons. The van der Waals surface area contributed by atoms with Crippen LogP contribution in [0.1, 0.15) is 35.2 Å². The number of nitrogens with zero attached hydrogens (tertiary/aromatic N) is 2. The maximum absolute atomic E-state index is 14.3. The molecule has 1 aliphatic rings. The van der Waals surface area contributed by atoms with Gasteiger partial charge >= 0.3 is 5.97 Å². The Morgan fingerprint density at radius 3 is 2.46 bits per heavy atom. The number of halogens is 2. The molecular weight excluding hydrogens is 659 g/mol. The molecular formula is C36H28Cl2N2O4S2. The van der Waals surface area contributed by atoms with Crippen molar-refractivity contribution in [2.24, 2.45) is 4.99 Å². The van der Waals surface area contributed by atoms with E-state index >= 15 is 0 Å². The van der Waals surface area contributed by atoms with Crippen LogP contribution in [0.2, 0.25) is 10.0 Å². The summed E-state index contributed by atoms with van der Waals surface area (Å²) in [6, 6.07) is 29.3. The van der Waals surface area contributed by atoms with Gasteiger partial charge in [0.15, 0.2) is 4.80 Å². The number of thiazole rings is 1. The van der Waals surface area contributed by atoms with E-state index in [-0.39, 0.29) is 18.8 Å². The summed E-state index contributed by atoms with van der Waals surface area (Å²) >= 11 is 15.4. The van der Waals surface area contributed by atoms with Crippen molar-refractivity contribution in [3.63, 3.8) is 0 Å². The van der Waals surface area contributed by atoms with Crippen LogP contribution in [-0.4, -0.2) is 23.4 Å². The maximum Gasteiger partial charge on any atom is 0.338 e. The van der Waals surface area contributed by atoms with E-state index in [9.17, 15) is 9.59 Å². The SMILES string of the molecule is CCOC(=O)C1=C(c2ccccc2)N=c2s/c(=C\c3cc(Cl)ccc3OCc3cccc(Cl)c3)c(=O)n2[C@@H]1c1ccc(SC)cc1. The van der Waals surface area contributed by atoms with Crippen molar-refractivity contribution in [2.75, 3.05) is 12.9 Å². The van der Waals surface area contributed by atoms with E-state index in [1.807, 2.05) is 79.1 Å². The highest BCUT2D eigenvalue weighted by Crippen LogP contribution is 2.36. The number of hydrogen-bond acceptors (Lipinski definition) is 7. The Morgan fingerprint density at radius 2 is 1.74 bits per heavy atom. The minimum absolute atomic E-state index is 0.180. The zero-order valence-electron chi connectivity index (χ0n) is 24.9. The van der Waals surface area contributed by atoms with Gasteiger partial charge in [0.2, 0.25) is 0 Å². The van der Waals surface area contributed by atoms with E-state index in [1.165, 1.54) is 11.3 Å². The van der Waals surface area contributed by atoms with Crippen LogP contribution in [-0.2, 0) is 16.1 Å². The third-order valence-electron chi connectivity index (χ3n) is 7.35. The second-order valence-corrected chi connectivity index (χ2v) is 13.1. The Morgan fingerprint density at radius 1 is 0.978 bits per heavy atom. The minimum Gasteiger partial charge on any atom is -0.488 e. The van der Waals surface area contributed by atoms with Crippen molar-refractivity contribution in [3.8, 4) is 5.75 Å². The van der Waals surface area contributed by atoms with E-state index in [4.69, 9.17) is 37.7 Å². The molecule has 0 amide bonds. The second-order valence-electron chi connectivity index (χ2n) is 10.3. The van der Waals surface area contributed by atoms with Crippen LogP contribution >= 0.6 is 46.3 Å². The third-order valence-corrected chi connectivity index (χ3v) is 9.54. The van der Waals surface area contributed by atoms with E-state index in [2.05, 4.69) is 0 Å². The largest absolute Gasteiger partial charge is 0.488 e. The van der Waals surface area contributed by atoms with Crippen LogP contribution in [0, 0.1) is 0 Å². The Labute approximate surface area is 284 Å². The topological polar surface area (TPSA) is 69.9 Å². The Bertz CT molecular complexity index is 2120. The number of thioether (sulfide) groups is 1. The second kappa shape index (κ2) is 14.1. The first-order chi connectivity index (χ1) is 22.4. The van der Waals surface area contributed by atoms with Gasteiger partial charge in [-0.3, -0.25) is 9.36 Å². The highest BCUT2D eigenvalue weighted by molar-refractivity contribution is 7.98. The Hall–Kier alpha value is -4.08. The van der Waals surface area contributed by atoms with E-state index in [1.54, 1.807) is 53.6 Å².